The Morgan fingerprint density at radius 2 is 1.68 bits per heavy atom. The first-order valence-electron chi connectivity index (χ1n) is 11.8. The average molecular weight is 509 g/mol. The number of carbonyl (C=O) groups excluding carboxylic acids is 1. The number of cyclic esters (lactones) is 1. The van der Waals surface area contributed by atoms with Crippen molar-refractivity contribution in [1.29, 1.82) is 0 Å². The van der Waals surface area contributed by atoms with Crippen molar-refractivity contribution in [2.75, 3.05) is 40.0 Å². The number of hydrogen-bond acceptors (Lipinski definition) is 9. The van der Waals surface area contributed by atoms with Gasteiger partial charge in [0.05, 0.1) is 39.9 Å². The van der Waals surface area contributed by atoms with E-state index in [0.717, 1.165) is 16.7 Å². The minimum absolute atomic E-state index is 0.0922. The summed E-state index contributed by atoms with van der Waals surface area (Å²) in [7, 11) is 4.62. The molecule has 1 aliphatic carbocycles. The van der Waals surface area contributed by atoms with E-state index in [2.05, 4.69) is 10.3 Å². The number of aromatic nitrogens is 1. The quantitative estimate of drug-likeness (QED) is 0.495. The highest BCUT2D eigenvalue weighted by atomic mass is 19.1. The second kappa shape index (κ2) is 9.02. The van der Waals surface area contributed by atoms with Gasteiger partial charge in [0.15, 0.2) is 34.6 Å². The number of hydrogen-bond donors (Lipinski definition) is 1. The van der Waals surface area contributed by atoms with E-state index in [0.29, 0.717) is 28.7 Å². The number of nitrogens with one attached hydrogen (secondary N) is 1. The lowest BCUT2D eigenvalue weighted by Crippen LogP contribution is -2.38. The van der Waals surface area contributed by atoms with Crippen molar-refractivity contribution in [3.05, 3.63) is 65.1 Å². The van der Waals surface area contributed by atoms with Gasteiger partial charge in [0.1, 0.15) is 0 Å². The van der Waals surface area contributed by atoms with Gasteiger partial charge in [0, 0.05) is 18.0 Å². The number of ether oxygens (including phenoxy) is 6. The van der Waals surface area contributed by atoms with Crippen LogP contribution >= 0.6 is 0 Å². The number of halogens is 1. The van der Waals surface area contributed by atoms with Crippen LogP contribution in [0.25, 0.3) is 0 Å². The zero-order valence-corrected chi connectivity index (χ0v) is 20.4. The van der Waals surface area contributed by atoms with Crippen LogP contribution in [0, 0.1) is 17.7 Å². The molecule has 10 heteroatoms. The third-order valence-corrected chi connectivity index (χ3v) is 7.28. The Morgan fingerprint density at radius 3 is 2.32 bits per heavy atom. The molecule has 0 unspecified atom stereocenters. The van der Waals surface area contributed by atoms with Crippen molar-refractivity contribution in [2.24, 2.45) is 11.8 Å². The molecule has 0 radical (unpaired) electrons. The first kappa shape index (κ1) is 23.2. The number of benzene rings is 2. The van der Waals surface area contributed by atoms with Gasteiger partial charge in [-0.3, -0.25) is 4.79 Å². The maximum atomic E-state index is 14.6. The zero-order chi connectivity index (χ0) is 25.7. The molecule has 4 atom stereocenters. The highest BCUT2D eigenvalue weighted by Gasteiger charge is 2.53. The molecular weight excluding hydrogens is 483 g/mol. The highest BCUT2D eigenvalue weighted by molar-refractivity contribution is 5.79. The Morgan fingerprint density at radius 1 is 0.973 bits per heavy atom. The normalized spacial score (nSPS) is 23.1. The van der Waals surface area contributed by atoms with E-state index in [1.54, 1.807) is 14.2 Å². The van der Waals surface area contributed by atoms with Crippen LogP contribution in [0.5, 0.6) is 28.7 Å². The smallest absolute Gasteiger partial charge is 0.310 e. The lowest BCUT2D eigenvalue weighted by Gasteiger charge is -2.39. The number of esters is 1. The van der Waals surface area contributed by atoms with Gasteiger partial charge >= 0.3 is 5.97 Å². The molecule has 1 N–H and O–H groups in total. The van der Waals surface area contributed by atoms with Crippen molar-refractivity contribution >= 4 is 11.8 Å². The van der Waals surface area contributed by atoms with Crippen molar-refractivity contribution in [2.45, 2.75) is 12.0 Å². The molecule has 1 fully saturated rings. The van der Waals surface area contributed by atoms with E-state index >= 15 is 0 Å². The fourth-order valence-corrected chi connectivity index (χ4v) is 5.67. The molecule has 0 saturated carbocycles. The number of carbonyl (C=O) groups is 1. The van der Waals surface area contributed by atoms with Crippen molar-refractivity contribution < 1.29 is 37.6 Å². The van der Waals surface area contributed by atoms with Crippen molar-refractivity contribution in [3.8, 4) is 28.7 Å². The van der Waals surface area contributed by atoms with Crippen molar-refractivity contribution in [1.82, 2.24) is 4.98 Å². The lowest BCUT2D eigenvalue weighted by atomic mass is 9.65. The van der Waals surface area contributed by atoms with E-state index < -0.39 is 23.7 Å². The van der Waals surface area contributed by atoms with Gasteiger partial charge in [-0.05, 0) is 53.1 Å². The van der Waals surface area contributed by atoms with Gasteiger partial charge in [-0.15, -0.1) is 0 Å². The van der Waals surface area contributed by atoms with Gasteiger partial charge in [-0.1, -0.05) is 0 Å². The monoisotopic (exact) mass is 508 g/mol. The summed E-state index contributed by atoms with van der Waals surface area (Å²) in [4.78, 5) is 17.4. The van der Waals surface area contributed by atoms with E-state index in [1.807, 2.05) is 24.3 Å². The number of nitrogens with zero attached hydrogens (tertiary/aromatic N) is 1. The number of rotatable bonds is 6. The molecule has 9 nitrogen and oxygen atoms in total. The van der Waals surface area contributed by atoms with Crippen LogP contribution in [-0.2, 0) is 9.53 Å². The van der Waals surface area contributed by atoms with Crippen LogP contribution in [0.4, 0.5) is 10.2 Å². The van der Waals surface area contributed by atoms with Crippen LogP contribution in [-0.4, -0.2) is 45.7 Å². The third-order valence-electron chi connectivity index (χ3n) is 7.28. The molecule has 0 amide bonds. The van der Waals surface area contributed by atoms with Gasteiger partial charge in [-0.2, -0.15) is 0 Å². The SMILES string of the molecule is COc1cc([C@@H]2c3cc4c(cc3[C@@H](Nc3ncccc3F)[C@H]3COC(=O)[C@H]23)OCO4)cc(OC)c1OC. The standard InChI is InChI=1S/C27H25FN2O7/c1-32-20-7-13(8-21(33-2)25(20)34-3)22-14-9-18-19(37-12-36-18)10-15(14)24(16-11-35-27(31)23(16)22)30-26-17(28)5-4-6-29-26/h4-10,16,22-24H,11-12H2,1-3H3,(H,29,30)/t16-,22+,23-,24+/m0/s1. The molecule has 0 bridgehead atoms. The van der Waals surface area contributed by atoms with E-state index in [-0.39, 0.29) is 31.1 Å². The van der Waals surface area contributed by atoms with Gasteiger partial charge in [-0.25, -0.2) is 9.37 Å². The molecule has 0 spiro atoms. The highest BCUT2D eigenvalue weighted by Crippen LogP contribution is 2.56. The van der Waals surface area contributed by atoms with Gasteiger partial charge in [0.2, 0.25) is 12.5 Å². The fourth-order valence-electron chi connectivity index (χ4n) is 5.67. The predicted molar refractivity (Wildman–Crippen MR) is 129 cm³/mol. The Labute approximate surface area is 212 Å². The molecule has 3 heterocycles. The van der Waals surface area contributed by atoms with E-state index in [1.165, 1.54) is 25.4 Å². The number of pyridine rings is 1. The molecule has 2 aromatic carbocycles. The maximum absolute atomic E-state index is 14.6. The summed E-state index contributed by atoms with van der Waals surface area (Å²) in [5, 5.41) is 3.24. The summed E-state index contributed by atoms with van der Waals surface area (Å²) in [6.07, 6.45) is 1.52. The van der Waals surface area contributed by atoms with Crippen LogP contribution in [0.15, 0.2) is 42.6 Å². The average Bonchev–Trinajstić information content (AvgIpc) is 3.54. The molecule has 3 aliphatic rings. The van der Waals surface area contributed by atoms with Crippen LogP contribution in [0.2, 0.25) is 0 Å². The molecule has 2 aliphatic heterocycles. The fraction of sp³-hybridized carbons (Fsp3) is 0.333. The number of methoxy groups -OCH3 is 3. The predicted octanol–water partition coefficient (Wildman–Crippen LogP) is 4.06. The summed E-state index contributed by atoms with van der Waals surface area (Å²) in [6, 6.07) is 9.86. The summed E-state index contributed by atoms with van der Waals surface area (Å²) in [5.74, 6) is 0.514. The largest absolute Gasteiger partial charge is 0.493 e. The lowest BCUT2D eigenvalue weighted by molar-refractivity contribution is -0.141. The van der Waals surface area contributed by atoms with Crippen LogP contribution < -0.4 is 29.0 Å². The first-order valence-corrected chi connectivity index (χ1v) is 11.8. The molecule has 1 saturated heterocycles. The van der Waals surface area contributed by atoms with Crippen molar-refractivity contribution in [3.63, 3.8) is 0 Å². The Hall–Kier alpha value is -4.21. The third kappa shape index (κ3) is 3.66. The Balaban J connectivity index is 1.56. The van der Waals surface area contributed by atoms with E-state index in [4.69, 9.17) is 28.4 Å². The molecule has 3 aromatic rings. The molecule has 1 aromatic heterocycles. The second-order valence-electron chi connectivity index (χ2n) is 9.05. The summed E-state index contributed by atoms with van der Waals surface area (Å²) in [6.45, 7) is 0.263. The summed E-state index contributed by atoms with van der Waals surface area (Å²) >= 11 is 0. The van der Waals surface area contributed by atoms with Crippen LogP contribution in [0.3, 0.4) is 0 Å². The minimum atomic E-state index is -0.569. The number of anilines is 1. The molecule has 192 valence electrons. The number of fused-ring (bicyclic) bond motifs is 3. The molecule has 6 rings (SSSR count). The Kier molecular flexibility index (Phi) is 5.66. The first-order chi connectivity index (χ1) is 18.0. The summed E-state index contributed by atoms with van der Waals surface area (Å²) in [5.41, 5.74) is 2.45. The zero-order valence-electron chi connectivity index (χ0n) is 20.4. The Bertz CT molecular complexity index is 1360. The van der Waals surface area contributed by atoms with Crippen LogP contribution in [0.1, 0.15) is 28.7 Å². The minimum Gasteiger partial charge on any atom is -0.493 e. The molecule has 37 heavy (non-hydrogen) atoms. The maximum Gasteiger partial charge on any atom is 0.310 e. The van der Waals surface area contributed by atoms with Gasteiger partial charge < -0.3 is 33.7 Å². The molecular formula is C27H25FN2O7. The van der Waals surface area contributed by atoms with E-state index in [9.17, 15) is 9.18 Å². The van der Waals surface area contributed by atoms with Gasteiger partial charge in [0.25, 0.3) is 0 Å². The second-order valence-corrected chi connectivity index (χ2v) is 9.05. The summed E-state index contributed by atoms with van der Waals surface area (Å²) < 4.78 is 48.3. The topological polar surface area (TPSA) is 97.4 Å².